The van der Waals surface area contributed by atoms with Crippen LogP contribution in [0.25, 0.3) is 0 Å². The van der Waals surface area contributed by atoms with Crippen LogP contribution in [0.3, 0.4) is 0 Å². The SMILES string of the molecule is C.C.[Pt].[Ru]. The molecule has 0 aromatic rings. The molecule has 34 valence electrons. The van der Waals surface area contributed by atoms with Crippen LogP contribution in [0.1, 0.15) is 14.9 Å². The van der Waals surface area contributed by atoms with Crippen LogP contribution in [0.2, 0.25) is 0 Å². The molecule has 0 aliphatic heterocycles. The Morgan fingerprint density at radius 2 is 0.750 bits per heavy atom. The van der Waals surface area contributed by atoms with Gasteiger partial charge in [0.1, 0.15) is 0 Å². The molecule has 0 nitrogen and oxygen atoms in total. The maximum atomic E-state index is 0. The molecule has 0 saturated heterocycles. The van der Waals surface area contributed by atoms with E-state index in [0.717, 1.165) is 0 Å². The van der Waals surface area contributed by atoms with Crippen LogP contribution in [-0.2, 0) is 40.5 Å². The third-order valence-electron chi connectivity index (χ3n) is 0. The van der Waals surface area contributed by atoms with Crippen LogP contribution in [0.15, 0.2) is 0 Å². The van der Waals surface area contributed by atoms with Gasteiger partial charge in [0.15, 0.2) is 0 Å². The summed E-state index contributed by atoms with van der Waals surface area (Å²) in [6, 6.07) is 0. The number of hydrogen-bond donors (Lipinski definition) is 0. The molecule has 4 heavy (non-hydrogen) atoms. The molecule has 0 spiro atoms. The molecule has 0 fully saturated rings. The molecule has 0 N–H and O–H groups in total. The van der Waals surface area contributed by atoms with Gasteiger partial charge in [0, 0.05) is 40.5 Å². The molecule has 0 aliphatic carbocycles. The smallest absolute Gasteiger partial charge is 0 e. The molecule has 0 atom stereocenters. The summed E-state index contributed by atoms with van der Waals surface area (Å²) in [5.41, 5.74) is 0. The average molecular weight is 328 g/mol. The zero-order chi connectivity index (χ0) is 0. The third-order valence-corrected chi connectivity index (χ3v) is 0. The molecular formula is C2H8PtRu. The van der Waals surface area contributed by atoms with Crippen molar-refractivity contribution in [3.63, 3.8) is 0 Å². The molecule has 0 aliphatic rings. The molecule has 0 bridgehead atoms. The van der Waals surface area contributed by atoms with E-state index in [2.05, 4.69) is 0 Å². The van der Waals surface area contributed by atoms with Crippen molar-refractivity contribution in [2.45, 2.75) is 14.9 Å². The fraction of sp³-hybridized carbons (Fsp3) is 1.00. The van der Waals surface area contributed by atoms with Gasteiger partial charge >= 0.3 is 0 Å². The van der Waals surface area contributed by atoms with E-state index in [9.17, 15) is 0 Å². The van der Waals surface area contributed by atoms with Crippen LogP contribution in [0.5, 0.6) is 0 Å². The predicted molar refractivity (Wildman–Crippen MR) is 13.5 cm³/mol. The topological polar surface area (TPSA) is 0 Å². The van der Waals surface area contributed by atoms with Crippen molar-refractivity contribution in [3.05, 3.63) is 0 Å². The molecule has 0 aromatic carbocycles. The Kier molecular flexibility index (Phi) is 394. The second-order valence-electron chi connectivity index (χ2n) is 0. The van der Waals surface area contributed by atoms with Crippen molar-refractivity contribution < 1.29 is 40.5 Å². The average Bonchev–Trinajstić information content (AvgIpc) is 0. The van der Waals surface area contributed by atoms with Crippen molar-refractivity contribution in [1.82, 2.24) is 0 Å². The first kappa shape index (κ1) is 57.4. The van der Waals surface area contributed by atoms with Gasteiger partial charge in [-0.2, -0.15) is 0 Å². The predicted octanol–water partition coefficient (Wildman–Crippen LogP) is 1.27. The summed E-state index contributed by atoms with van der Waals surface area (Å²) < 4.78 is 0. The van der Waals surface area contributed by atoms with E-state index in [4.69, 9.17) is 0 Å². The molecule has 0 saturated carbocycles. The summed E-state index contributed by atoms with van der Waals surface area (Å²) in [7, 11) is 0. The van der Waals surface area contributed by atoms with Crippen molar-refractivity contribution in [3.8, 4) is 0 Å². The van der Waals surface area contributed by atoms with Crippen molar-refractivity contribution >= 4 is 0 Å². The van der Waals surface area contributed by atoms with Crippen LogP contribution >= 0.6 is 0 Å². The first-order valence-corrected chi connectivity index (χ1v) is 0. The van der Waals surface area contributed by atoms with Crippen LogP contribution in [-0.4, -0.2) is 0 Å². The Balaban J connectivity index is 0. The van der Waals surface area contributed by atoms with Crippen molar-refractivity contribution in [2.75, 3.05) is 0 Å². The second-order valence-corrected chi connectivity index (χ2v) is 0. The minimum Gasteiger partial charge on any atom is -0.0776 e. The maximum absolute atomic E-state index is 0. The van der Waals surface area contributed by atoms with Gasteiger partial charge in [0.25, 0.3) is 0 Å². The molecule has 0 radical (unpaired) electrons. The van der Waals surface area contributed by atoms with E-state index in [1.165, 1.54) is 0 Å². The van der Waals surface area contributed by atoms with Crippen LogP contribution < -0.4 is 0 Å². The fourth-order valence-corrected chi connectivity index (χ4v) is 0. The molecule has 0 heterocycles. The van der Waals surface area contributed by atoms with E-state index in [1.54, 1.807) is 0 Å². The van der Waals surface area contributed by atoms with E-state index in [-0.39, 0.29) is 55.4 Å². The monoisotopic (exact) mass is 329 g/mol. The van der Waals surface area contributed by atoms with E-state index >= 15 is 0 Å². The summed E-state index contributed by atoms with van der Waals surface area (Å²) in [5, 5.41) is 0. The van der Waals surface area contributed by atoms with Gasteiger partial charge in [0.05, 0.1) is 0 Å². The fourth-order valence-electron chi connectivity index (χ4n) is 0. The first-order chi connectivity index (χ1) is 0. The summed E-state index contributed by atoms with van der Waals surface area (Å²) in [5.74, 6) is 0. The first-order valence-electron chi connectivity index (χ1n) is 0. The van der Waals surface area contributed by atoms with Gasteiger partial charge in [0.2, 0.25) is 0 Å². The van der Waals surface area contributed by atoms with Crippen LogP contribution in [0, 0.1) is 0 Å². The van der Waals surface area contributed by atoms with Crippen molar-refractivity contribution in [2.24, 2.45) is 0 Å². The second kappa shape index (κ2) is 27.5. The van der Waals surface area contributed by atoms with Crippen LogP contribution in [0.4, 0.5) is 0 Å². The van der Waals surface area contributed by atoms with Gasteiger partial charge in [-0.1, -0.05) is 14.9 Å². The van der Waals surface area contributed by atoms with Gasteiger partial charge in [-0.05, 0) is 0 Å². The minimum atomic E-state index is 0. The Morgan fingerprint density at radius 1 is 0.750 bits per heavy atom. The maximum Gasteiger partial charge on any atom is 0 e. The van der Waals surface area contributed by atoms with Crippen molar-refractivity contribution in [1.29, 1.82) is 0 Å². The zero-order valence-electron chi connectivity index (χ0n) is 0.670. The van der Waals surface area contributed by atoms with E-state index in [0.29, 0.717) is 0 Å². The van der Waals surface area contributed by atoms with Gasteiger partial charge in [-0.15, -0.1) is 0 Å². The Bertz CT molecular complexity index is 6.00. The molecule has 0 unspecified atom stereocenters. The normalized spacial score (nSPS) is 0. The molecule has 2 heteroatoms. The number of hydrogen-bond acceptors (Lipinski definition) is 0. The van der Waals surface area contributed by atoms with E-state index in [1.807, 2.05) is 0 Å². The Morgan fingerprint density at radius 3 is 0.750 bits per heavy atom. The summed E-state index contributed by atoms with van der Waals surface area (Å²) in [6.07, 6.45) is 0. The third kappa shape index (κ3) is 10.3. The van der Waals surface area contributed by atoms with Gasteiger partial charge in [-0.25, -0.2) is 0 Å². The number of rotatable bonds is 0. The molecular weight excluding hydrogens is 320 g/mol. The van der Waals surface area contributed by atoms with Gasteiger partial charge < -0.3 is 0 Å². The Hall–Kier alpha value is 1.31. The molecule has 0 aromatic heterocycles. The summed E-state index contributed by atoms with van der Waals surface area (Å²) in [4.78, 5) is 0. The summed E-state index contributed by atoms with van der Waals surface area (Å²) >= 11 is 0. The summed E-state index contributed by atoms with van der Waals surface area (Å²) in [6.45, 7) is 0. The largest absolute Gasteiger partial charge is 0.0776 e. The minimum absolute atomic E-state index is 0. The van der Waals surface area contributed by atoms with Gasteiger partial charge in [-0.3, -0.25) is 0 Å². The van der Waals surface area contributed by atoms with E-state index < -0.39 is 0 Å². The zero-order valence-corrected chi connectivity index (χ0v) is 4.68. The Labute approximate surface area is 55.4 Å². The quantitative estimate of drug-likeness (QED) is 0.588. The standard InChI is InChI=1S/2CH4.Pt.Ru/h2*1H4;;. The molecule has 0 amide bonds. The molecule has 0 rings (SSSR count).